The van der Waals surface area contributed by atoms with Crippen LogP contribution in [0.5, 0.6) is 11.5 Å². The second kappa shape index (κ2) is 10.1. The first-order valence-electron chi connectivity index (χ1n) is 7.92. The Balaban J connectivity index is 2.12. The molecule has 142 valence electrons. The first kappa shape index (κ1) is 21.0. The number of nitrogens with one attached hydrogen (secondary N) is 3. The summed E-state index contributed by atoms with van der Waals surface area (Å²) in [5, 5.41) is 6.93. The molecule has 2 aromatic carbocycles. The zero-order chi connectivity index (χ0) is 19.8. The number of benzene rings is 2. The molecule has 0 spiro atoms. The normalized spacial score (nSPS) is 10.5. The summed E-state index contributed by atoms with van der Waals surface area (Å²) in [4.78, 5) is 12.4. The average Bonchev–Trinajstić information content (AvgIpc) is 2.62. The molecule has 9 heteroatoms. The van der Waals surface area contributed by atoms with E-state index in [-0.39, 0.29) is 16.3 Å². The van der Waals surface area contributed by atoms with Gasteiger partial charge in [0.15, 0.2) is 17.7 Å². The highest BCUT2D eigenvalue weighted by Crippen LogP contribution is 2.29. The van der Waals surface area contributed by atoms with Crippen LogP contribution in [0, 0.1) is 0 Å². The van der Waals surface area contributed by atoms with Crippen molar-refractivity contribution in [2.24, 2.45) is 0 Å². The lowest BCUT2D eigenvalue weighted by Gasteiger charge is -2.10. The van der Waals surface area contributed by atoms with Gasteiger partial charge in [-0.25, -0.2) is 4.79 Å². The molecule has 27 heavy (non-hydrogen) atoms. The quantitative estimate of drug-likeness (QED) is 0.216. The Labute approximate surface area is 172 Å². The van der Waals surface area contributed by atoms with Gasteiger partial charge in [-0.2, -0.15) is 0 Å². The molecule has 0 amide bonds. The zero-order valence-electron chi connectivity index (χ0n) is 14.6. The van der Waals surface area contributed by atoms with Crippen LogP contribution in [0.15, 0.2) is 36.4 Å². The van der Waals surface area contributed by atoms with Gasteiger partial charge in [0.05, 0.1) is 17.7 Å². The SMILES string of the molecule is CCNC(=S)N[NH+]=Cc1ccc(OC(=O)c2ccc(Cl)cc2Cl)c(OC)c1. The maximum atomic E-state index is 12.4. The van der Waals surface area contributed by atoms with E-state index in [1.54, 1.807) is 30.5 Å². The minimum Gasteiger partial charge on any atom is -0.493 e. The van der Waals surface area contributed by atoms with Gasteiger partial charge in [0.2, 0.25) is 5.11 Å². The molecule has 0 saturated heterocycles. The molecule has 0 aliphatic heterocycles. The number of thiocarbonyl (C=S) groups is 1. The van der Waals surface area contributed by atoms with Gasteiger partial charge >= 0.3 is 5.97 Å². The third kappa shape index (κ3) is 6.09. The Morgan fingerprint density at radius 2 is 2.00 bits per heavy atom. The minimum absolute atomic E-state index is 0.210. The number of methoxy groups -OCH3 is 1. The Bertz CT molecular complexity index is 875. The van der Waals surface area contributed by atoms with Crippen molar-refractivity contribution in [1.29, 1.82) is 0 Å². The van der Waals surface area contributed by atoms with Crippen molar-refractivity contribution in [2.45, 2.75) is 6.92 Å². The van der Waals surface area contributed by atoms with Crippen molar-refractivity contribution < 1.29 is 19.4 Å². The van der Waals surface area contributed by atoms with Gasteiger partial charge in [-0.1, -0.05) is 23.2 Å². The van der Waals surface area contributed by atoms with Crippen LogP contribution in [0.1, 0.15) is 22.8 Å². The number of hydrogen-bond acceptors (Lipinski definition) is 4. The molecule has 2 rings (SSSR count). The zero-order valence-corrected chi connectivity index (χ0v) is 17.0. The van der Waals surface area contributed by atoms with Crippen LogP contribution in [-0.2, 0) is 0 Å². The van der Waals surface area contributed by atoms with Crippen LogP contribution in [-0.4, -0.2) is 31.0 Å². The maximum Gasteiger partial charge on any atom is 0.345 e. The van der Waals surface area contributed by atoms with Gasteiger partial charge in [0.1, 0.15) is 0 Å². The molecule has 0 aliphatic carbocycles. The molecular weight excluding hydrogens is 409 g/mol. The summed E-state index contributed by atoms with van der Waals surface area (Å²) in [6, 6.07) is 9.62. The van der Waals surface area contributed by atoms with E-state index in [9.17, 15) is 4.79 Å². The lowest BCUT2D eigenvalue weighted by Crippen LogP contribution is -2.82. The van der Waals surface area contributed by atoms with Crippen LogP contribution in [0.2, 0.25) is 10.0 Å². The number of carbonyl (C=O) groups excluding carboxylic acids is 1. The first-order chi connectivity index (χ1) is 12.9. The monoisotopic (exact) mass is 426 g/mol. The third-order valence-corrected chi connectivity index (χ3v) is 4.10. The smallest absolute Gasteiger partial charge is 0.345 e. The molecule has 3 N–H and O–H groups in total. The average molecular weight is 427 g/mol. The molecule has 0 radical (unpaired) electrons. The second-order valence-corrected chi connectivity index (χ2v) is 6.45. The van der Waals surface area contributed by atoms with Crippen molar-refractivity contribution in [3.05, 3.63) is 57.6 Å². The third-order valence-electron chi connectivity index (χ3n) is 3.30. The molecule has 0 bridgehead atoms. The number of rotatable bonds is 6. The standard InChI is InChI=1S/C18H17Cl2N3O3S/c1-3-21-18(27)23-22-10-11-4-7-15(16(8-11)25-2)26-17(24)13-6-5-12(19)9-14(13)20/h4-10H,3H2,1-2H3,(H2,21,23,27)/p+1. The Morgan fingerprint density at radius 1 is 1.22 bits per heavy atom. The van der Waals surface area contributed by atoms with Gasteiger partial charge in [0, 0.05) is 17.1 Å². The molecule has 0 heterocycles. The number of carbonyl (C=O) groups is 1. The molecule has 0 aliphatic rings. The molecule has 0 fully saturated rings. The van der Waals surface area contributed by atoms with E-state index in [1.165, 1.54) is 19.2 Å². The molecule has 2 aromatic rings. The Morgan fingerprint density at radius 3 is 2.67 bits per heavy atom. The molecule has 6 nitrogen and oxygen atoms in total. The number of hydrazine groups is 1. The highest BCUT2D eigenvalue weighted by Gasteiger charge is 2.16. The largest absolute Gasteiger partial charge is 0.493 e. The van der Waals surface area contributed by atoms with E-state index < -0.39 is 5.97 Å². The molecule has 0 aromatic heterocycles. The van der Waals surface area contributed by atoms with Crippen molar-refractivity contribution in [2.75, 3.05) is 13.7 Å². The topological polar surface area (TPSA) is 73.6 Å². The van der Waals surface area contributed by atoms with Crippen LogP contribution >= 0.6 is 35.4 Å². The lowest BCUT2D eigenvalue weighted by atomic mass is 10.2. The fourth-order valence-electron chi connectivity index (χ4n) is 2.06. The summed E-state index contributed by atoms with van der Waals surface area (Å²) >= 11 is 16.9. The summed E-state index contributed by atoms with van der Waals surface area (Å²) < 4.78 is 10.7. The number of hydrogen-bond donors (Lipinski definition) is 3. The Kier molecular flexibility index (Phi) is 7.84. The van der Waals surface area contributed by atoms with Gasteiger partial charge < -0.3 is 14.8 Å². The molecule has 0 atom stereocenters. The predicted molar refractivity (Wildman–Crippen MR) is 110 cm³/mol. The van der Waals surface area contributed by atoms with E-state index in [0.717, 1.165) is 12.1 Å². The summed E-state index contributed by atoms with van der Waals surface area (Å²) in [6.45, 7) is 2.67. The maximum absolute atomic E-state index is 12.4. The lowest BCUT2D eigenvalue weighted by molar-refractivity contribution is -0.500. The second-order valence-electron chi connectivity index (χ2n) is 5.20. The highest BCUT2D eigenvalue weighted by atomic mass is 35.5. The molecular formula is C18H18Cl2N3O3S+. The number of hydrazone groups is 1. The fraction of sp³-hybridized carbons (Fsp3) is 0.167. The fourth-order valence-corrected chi connectivity index (χ4v) is 2.75. The van der Waals surface area contributed by atoms with Gasteiger partial charge in [-0.3, -0.25) is 0 Å². The number of halogens is 2. The summed E-state index contributed by atoms with van der Waals surface area (Å²) in [7, 11) is 1.48. The highest BCUT2D eigenvalue weighted by molar-refractivity contribution is 7.80. The Hall–Kier alpha value is -2.35. The van der Waals surface area contributed by atoms with Crippen LogP contribution in [0.25, 0.3) is 0 Å². The minimum atomic E-state index is -0.609. The van der Waals surface area contributed by atoms with E-state index in [0.29, 0.717) is 15.9 Å². The van der Waals surface area contributed by atoms with Crippen molar-refractivity contribution in [3.63, 3.8) is 0 Å². The summed E-state index contributed by atoms with van der Waals surface area (Å²) in [5.74, 6) is 0.0440. The van der Waals surface area contributed by atoms with Crippen molar-refractivity contribution in [1.82, 2.24) is 10.7 Å². The van der Waals surface area contributed by atoms with E-state index >= 15 is 0 Å². The van der Waals surface area contributed by atoms with Gasteiger partial charge in [-0.15, -0.1) is 10.5 Å². The van der Waals surface area contributed by atoms with Crippen LogP contribution in [0.4, 0.5) is 0 Å². The first-order valence-corrected chi connectivity index (χ1v) is 9.09. The van der Waals surface area contributed by atoms with E-state index in [1.807, 2.05) is 6.92 Å². The van der Waals surface area contributed by atoms with Crippen molar-refractivity contribution >= 4 is 52.7 Å². The van der Waals surface area contributed by atoms with Crippen LogP contribution < -0.4 is 25.3 Å². The molecule has 0 saturated carbocycles. The van der Waals surface area contributed by atoms with Crippen LogP contribution in [0.3, 0.4) is 0 Å². The summed E-state index contributed by atoms with van der Waals surface area (Å²) in [6.07, 6.45) is 1.69. The van der Waals surface area contributed by atoms with Gasteiger partial charge in [0.25, 0.3) is 0 Å². The molecule has 0 unspecified atom stereocenters. The number of ether oxygens (including phenoxy) is 2. The van der Waals surface area contributed by atoms with Crippen molar-refractivity contribution in [3.8, 4) is 11.5 Å². The van der Waals surface area contributed by atoms with E-state index in [4.69, 9.17) is 44.9 Å². The summed E-state index contributed by atoms with van der Waals surface area (Å²) in [5.41, 5.74) is 3.80. The predicted octanol–water partition coefficient (Wildman–Crippen LogP) is 2.12. The van der Waals surface area contributed by atoms with Gasteiger partial charge in [-0.05, 0) is 55.5 Å². The number of esters is 1. The van der Waals surface area contributed by atoms with E-state index in [2.05, 4.69) is 15.8 Å².